The minimum atomic E-state index is -0.604. The van der Waals surface area contributed by atoms with E-state index >= 15 is 0 Å². The summed E-state index contributed by atoms with van der Waals surface area (Å²) in [4.78, 5) is 12.3. The molecule has 0 amide bonds. The third-order valence-corrected chi connectivity index (χ3v) is 3.63. The monoisotopic (exact) mass is 302 g/mol. The predicted octanol–water partition coefficient (Wildman–Crippen LogP) is 3.79. The Balaban J connectivity index is 1.97. The number of carbonyl (C=O) groups is 1. The number of hydrogen-bond donors (Lipinski definition) is 0. The maximum absolute atomic E-state index is 13.8. The van der Waals surface area contributed by atoms with Gasteiger partial charge in [0, 0.05) is 17.5 Å². The highest BCUT2D eigenvalue weighted by atomic mass is 35.5. The third kappa shape index (κ3) is 2.54. The van der Waals surface area contributed by atoms with E-state index in [1.165, 1.54) is 12.1 Å². The van der Waals surface area contributed by atoms with Crippen molar-refractivity contribution in [2.75, 3.05) is 0 Å². The van der Waals surface area contributed by atoms with Crippen LogP contribution in [-0.2, 0) is 13.5 Å². The van der Waals surface area contributed by atoms with Crippen molar-refractivity contribution in [3.63, 3.8) is 0 Å². The second kappa shape index (κ2) is 5.30. The summed E-state index contributed by atoms with van der Waals surface area (Å²) < 4.78 is 15.5. The maximum atomic E-state index is 13.8. The molecule has 0 atom stereocenters. The smallest absolute Gasteiger partial charge is 0.171 e. The lowest BCUT2D eigenvalue weighted by atomic mass is 10.0. The number of fused-ring (bicyclic) bond motifs is 1. The van der Waals surface area contributed by atoms with Crippen LogP contribution in [-0.4, -0.2) is 15.6 Å². The van der Waals surface area contributed by atoms with Crippen LogP contribution in [0, 0.1) is 5.82 Å². The van der Waals surface area contributed by atoms with E-state index in [1.807, 2.05) is 31.3 Å². The summed E-state index contributed by atoms with van der Waals surface area (Å²) in [7, 11) is 1.82. The van der Waals surface area contributed by atoms with Crippen LogP contribution in [0.3, 0.4) is 0 Å². The van der Waals surface area contributed by atoms with Crippen LogP contribution in [0.2, 0.25) is 5.02 Å². The second-order valence-electron chi connectivity index (χ2n) is 4.81. The van der Waals surface area contributed by atoms with Crippen molar-refractivity contribution in [1.82, 2.24) is 9.78 Å². The summed E-state index contributed by atoms with van der Waals surface area (Å²) in [5.74, 6) is -0.916. The molecule has 0 N–H and O–H groups in total. The first kappa shape index (κ1) is 13.8. The van der Waals surface area contributed by atoms with Gasteiger partial charge in [-0.3, -0.25) is 9.48 Å². The van der Waals surface area contributed by atoms with E-state index in [2.05, 4.69) is 5.10 Å². The molecule has 5 heteroatoms. The van der Waals surface area contributed by atoms with Crippen molar-refractivity contribution in [3.8, 4) is 0 Å². The minimum Gasteiger partial charge on any atom is -0.294 e. The number of nitrogens with zero attached hydrogens (tertiary/aromatic N) is 2. The second-order valence-corrected chi connectivity index (χ2v) is 5.25. The van der Waals surface area contributed by atoms with E-state index < -0.39 is 5.82 Å². The highest BCUT2D eigenvalue weighted by Gasteiger charge is 2.16. The topological polar surface area (TPSA) is 34.9 Å². The van der Waals surface area contributed by atoms with Gasteiger partial charge in [0.25, 0.3) is 0 Å². The molecule has 2 aromatic carbocycles. The number of hydrogen-bond acceptors (Lipinski definition) is 2. The number of para-hydroxylation sites is 1. The number of aryl methyl sites for hydroxylation is 1. The maximum Gasteiger partial charge on any atom is 0.171 e. The Morgan fingerprint density at radius 2 is 2.05 bits per heavy atom. The Morgan fingerprint density at radius 3 is 2.81 bits per heavy atom. The molecular formula is C16H12ClFN2O. The number of halogens is 2. The fourth-order valence-electron chi connectivity index (χ4n) is 2.38. The lowest BCUT2D eigenvalue weighted by molar-refractivity contribution is 0.0988. The Kier molecular flexibility index (Phi) is 3.47. The van der Waals surface area contributed by atoms with Gasteiger partial charge in [0.2, 0.25) is 0 Å². The summed E-state index contributed by atoms with van der Waals surface area (Å²) >= 11 is 5.70. The lowest BCUT2D eigenvalue weighted by Gasteiger charge is -2.02. The predicted molar refractivity (Wildman–Crippen MR) is 80.2 cm³/mol. The molecule has 0 bridgehead atoms. The van der Waals surface area contributed by atoms with Crippen LogP contribution in [0.4, 0.5) is 4.39 Å². The molecule has 1 heterocycles. The van der Waals surface area contributed by atoms with Crippen LogP contribution in [0.5, 0.6) is 0 Å². The largest absolute Gasteiger partial charge is 0.294 e. The van der Waals surface area contributed by atoms with Gasteiger partial charge < -0.3 is 0 Å². The quantitative estimate of drug-likeness (QED) is 0.690. The molecule has 106 valence electrons. The lowest BCUT2D eigenvalue weighted by Crippen LogP contribution is -2.07. The third-order valence-electron chi connectivity index (χ3n) is 3.39. The molecule has 0 spiro atoms. The van der Waals surface area contributed by atoms with Gasteiger partial charge in [-0.2, -0.15) is 5.10 Å². The van der Waals surface area contributed by atoms with Crippen molar-refractivity contribution in [3.05, 3.63) is 64.6 Å². The number of ketones is 1. The van der Waals surface area contributed by atoms with Crippen molar-refractivity contribution < 1.29 is 9.18 Å². The molecular weight excluding hydrogens is 291 g/mol. The SMILES string of the molecule is Cn1nc(CC(=O)c2ccc(Cl)cc2F)c2ccccc21. The first-order chi connectivity index (χ1) is 10.1. The molecule has 0 radical (unpaired) electrons. The number of carbonyl (C=O) groups excluding carboxylic acids is 1. The summed E-state index contributed by atoms with van der Waals surface area (Å²) in [6.45, 7) is 0. The molecule has 0 aliphatic heterocycles. The van der Waals surface area contributed by atoms with Gasteiger partial charge in [-0.1, -0.05) is 29.8 Å². The fraction of sp³-hybridized carbons (Fsp3) is 0.125. The van der Waals surface area contributed by atoms with Gasteiger partial charge in [0.1, 0.15) is 5.82 Å². The summed E-state index contributed by atoms with van der Waals surface area (Å²) in [6, 6.07) is 11.7. The molecule has 3 rings (SSSR count). The summed E-state index contributed by atoms with van der Waals surface area (Å²) in [5.41, 5.74) is 1.62. The van der Waals surface area contributed by atoms with Crippen molar-refractivity contribution in [2.45, 2.75) is 6.42 Å². The van der Waals surface area contributed by atoms with Crippen LogP contribution >= 0.6 is 11.6 Å². The molecule has 0 saturated carbocycles. The van der Waals surface area contributed by atoms with Gasteiger partial charge in [-0.05, 0) is 24.3 Å². The normalized spacial score (nSPS) is 11.0. The molecule has 0 fully saturated rings. The molecule has 0 aliphatic carbocycles. The standard InChI is InChI=1S/C16H12ClFN2O/c1-20-15-5-3-2-4-12(15)14(19-20)9-16(21)11-7-6-10(17)8-13(11)18/h2-8H,9H2,1H3. The molecule has 3 nitrogen and oxygen atoms in total. The van der Waals surface area contributed by atoms with Crippen molar-refractivity contribution in [1.29, 1.82) is 0 Å². The van der Waals surface area contributed by atoms with Gasteiger partial charge in [0.15, 0.2) is 5.78 Å². The number of aromatic nitrogens is 2. The van der Waals surface area contributed by atoms with Crippen LogP contribution in [0.25, 0.3) is 10.9 Å². The summed E-state index contributed by atoms with van der Waals surface area (Å²) in [5, 5.41) is 5.53. The minimum absolute atomic E-state index is 0.0362. The van der Waals surface area contributed by atoms with E-state index in [1.54, 1.807) is 4.68 Å². The van der Waals surface area contributed by atoms with Crippen LogP contribution in [0.1, 0.15) is 16.1 Å². The Bertz CT molecular complexity index is 841. The average molecular weight is 303 g/mol. The zero-order chi connectivity index (χ0) is 15.0. The van der Waals surface area contributed by atoms with Crippen LogP contribution < -0.4 is 0 Å². The zero-order valence-electron chi connectivity index (χ0n) is 11.3. The molecule has 3 aromatic rings. The number of Topliss-reactive ketones (excluding diaryl/α,β-unsaturated/α-hetero) is 1. The zero-order valence-corrected chi connectivity index (χ0v) is 12.1. The molecule has 21 heavy (non-hydrogen) atoms. The number of rotatable bonds is 3. The first-order valence-corrected chi connectivity index (χ1v) is 6.83. The van der Waals surface area contributed by atoms with E-state index in [-0.39, 0.29) is 22.8 Å². The fourth-order valence-corrected chi connectivity index (χ4v) is 2.54. The highest BCUT2D eigenvalue weighted by Crippen LogP contribution is 2.21. The van der Waals surface area contributed by atoms with Gasteiger partial charge in [-0.25, -0.2) is 4.39 Å². The summed E-state index contributed by atoms with van der Waals surface area (Å²) in [6.07, 6.45) is 0.0555. The van der Waals surface area contributed by atoms with Gasteiger partial charge in [0.05, 0.1) is 23.2 Å². The van der Waals surface area contributed by atoms with Crippen LogP contribution in [0.15, 0.2) is 42.5 Å². The molecule has 0 saturated heterocycles. The van der Waals surface area contributed by atoms with Gasteiger partial charge >= 0.3 is 0 Å². The molecule has 0 unspecified atom stereocenters. The van der Waals surface area contributed by atoms with E-state index in [9.17, 15) is 9.18 Å². The Morgan fingerprint density at radius 1 is 1.29 bits per heavy atom. The van der Waals surface area contributed by atoms with Crippen molar-refractivity contribution in [2.24, 2.45) is 7.05 Å². The molecule has 1 aromatic heterocycles. The Labute approximate surface area is 126 Å². The highest BCUT2D eigenvalue weighted by molar-refractivity contribution is 6.30. The van der Waals surface area contributed by atoms with E-state index in [0.29, 0.717) is 5.69 Å². The van der Waals surface area contributed by atoms with E-state index in [0.717, 1.165) is 17.0 Å². The molecule has 0 aliphatic rings. The first-order valence-electron chi connectivity index (χ1n) is 6.45. The van der Waals surface area contributed by atoms with E-state index in [4.69, 9.17) is 11.6 Å². The van der Waals surface area contributed by atoms with Gasteiger partial charge in [-0.15, -0.1) is 0 Å². The van der Waals surface area contributed by atoms with Crippen molar-refractivity contribution >= 4 is 28.3 Å². The number of benzene rings is 2. The Hall–Kier alpha value is -2.20. The average Bonchev–Trinajstić information content (AvgIpc) is 2.76.